The molecule has 4 heteroatoms. The fourth-order valence-corrected chi connectivity index (χ4v) is 2.78. The minimum atomic E-state index is -0.716. The maximum atomic E-state index is 11.1. The molecule has 0 spiro atoms. The van der Waals surface area contributed by atoms with E-state index < -0.39 is 5.97 Å². The average molecular weight is 232 g/mol. The molecular weight excluding hydrogens is 216 g/mol. The van der Waals surface area contributed by atoms with Gasteiger partial charge < -0.3 is 5.11 Å². The smallest absolute Gasteiger partial charge is 0.307 e. The number of aromatic nitrogens is 2. The third-order valence-corrected chi connectivity index (χ3v) is 4.09. The zero-order chi connectivity index (χ0) is 12.2. The monoisotopic (exact) mass is 232 g/mol. The van der Waals surface area contributed by atoms with Gasteiger partial charge in [0, 0.05) is 24.2 Å². The van der Waals surface area contributed by atoms with Crippen molar-refractivity contribution in [2.24, 2.45) is 11.3 Å². The highest BCUT2D eigenvalue weighted by atomic mass is 16.4. The molecule has 1 aromatic heterocycles. The molecule has 0 bridgehead atoms. The van der Waals surface area contributed by atoms with Crippen LogP contribution in [0.4, 0.5) is 0 Å². The van der Waals surface area contributed by atoms with Crippen molar-refractivity contribution in [2.75, 3.05) is 0 Å². The molecule has 17 heavy (non-hydrogen) atoms. The second-order valence-corrected chi connectivity index (χ2v) is 5.76. The lowest BCUT2D eigenvalue weighted by molar-refractivity contribution is -0.139. The second-order valence-electron chi connectivity index (χ2n) is 5.76. The van der Waals surface area contributed by atoms with Crippen LogP contribution in [-0.2, 0) is 4.79 Å². The van der Waals surface area contributed by atoms with Gasteiger partial charge in [-0.2, -0.15) is 0 Å². The first-order valence-electron chi connectivity index (χ1n) is 6.06. The Morgan fingerprint density at radius 3 is 2.35 bits per heavy atom. The quantitative estimate of drug-likeness (QED) is 0.867. The Kier molecular flexibility index (Phi) is 2.06. The molecule has 1 heterocycles. The highest BCUT2D eigenvalue weighted by molar-refractivity contribution is 5.77. The first-order valence-corrected chi connectivity index (χ1v) is 6.06. The van der Waals surface area contributed by atoms with Gasteiger partial charge in [0.25, 0.3) is 0 Å². The van der Waals surface area contributed by atoms with Crippen LogP contribution in [0.2, 0.25) is 0 Å². The van der Waals surface area contributed by atoms with Crippen LogP contribution in [0, 0.1) is 11.3 Å². The summed E-state index contributed by atoms with van der Waals surface area (Å²) >= 11 is 0. The normalized spacial score (nSPS) is 30.0. The van der Waals surface area contributed by atoms with Gasteiger partial charge in [0.05, 0.1) is 5.92 Å². The molecule has 0 unspecified atom stereocenters. The standard InChI is InChI=1S/C13H16N2O2/c1-13(2)9(10(13)12(16)17)8-5-14-11(15-6-8)7-3-4-7/h5-7,9-10H,3-4H2,1-2H3,(H,16,17)/t9-,10+/m0/s1. The number of nitrogens with zero attached hydrogens (tertiary/aromatic N) is 2. The third-order valence-electron chi connectivity index (χ3n) is 4.09. The SMILES string of the molecule is CC1(C)[C@@H](C(=O)O)[C@@H]1c1cnc(C2CC2)nc1. The number of hydrogen-bond acceptors (Lipinski definition) is 3. The molecular formula is C13H16N2O2. The third kappa shape index (κ3) is 1.63. The van der Waals surface area contributed by atoms with Gasteiger partial charge in [-0.25, -0.2) is 9.97 Å². The van der Waals surface area contributed by atoms with E-state index in [2.05, 4.69) is 9.97 Å². The van der Waals surface area contributed by atoms with Crippen LogP contribution in [0.1, 0.15) is 49.9 Å². The second kappa shape index (κ2) is 3.28. The van der Waals surface area contributed by atoms with Gasteiger partial charge in [-0.15, -0.1) is 0 Å². The van der Waals surface area contributed by atoms with Crippen molar-refractivity contribution >= 4 is 5.97 Å². The van der Waals surface area contributed by atoms with Crippen molar-refractivity contribution in [3.63, 3.8) is 0 Å². The molecule has 4 nitrogen and oxygen atoms in total. The van der Waals surface area contributed by atoms with Crippen molar-refractivity contribution in [2.45, 2.75) is 38.5 Å². The lowest BCUT2D eigenvalue weighted by atomic mass is 10.1. The summed E-state index contributed by atoms with van der Waals surface area (Å²) in [6.07, 6.45) is 6.00. The number of carboxylic acids is 1. The number of hydrogen-bond donors (Lipinski definition) is 1. The fraction of sp³-hybridized carbons (Fsp3) is 0.615. The summed E-state index contributed by atoms with van der Waals surface area (Å²) in [5, 5.41) is 9.13. The molecule has 2 aliphatic rings. The Morgan fingerprint density at radius 2 is 1.94 bits per heavy atom. The Bertz CT molecular complexity index is 463. The van der Waals surface area contributed by atoms with Gasteiger partial charge in [-0.3, -0.25) is 4.79 Å². The maximum Gasteiger partial charge on any atom is 0.307 e. The first kappa shape index (κ1) is 10.7. The average Bonchev–Trinajstić information content (AvgIpc) is 3.13. The van der Waals surface area contributed by atoms with Gasteiger partial charge in [0.2, 0.25) is 0 Å². The van der Waals surface area contributed by atoms with Crippen molar-refractivity contribution in [1.82, 2.24) is 9.97 Å². The minimum Gasteiger partial charge on any atom is -0.481 e. The molecule has 2 aliphatic carbocycles. The lowest BCUT2D eigenvalue weighted by Crippen LogP contribution is -2.03. The summed E-state index contributed by atoms with van der Waals surface area (Å²) in [6.45, 7) is 3.98. The van der Waals surface area contributed by atoms with Crippen LogP contribution in [0.3, 0.4) is 0 Å². The Hall–Kier alpha value is -1.45. The summed E-state index contributed by atoms with van der Waals surface area (Å²) in [5.41, 5.74) is 0.794. The Balaban J connectivity index is 1.83. The van der Waals surface area contributed by atoms with Crippen LogP contribution >= 0.6 is 0 Å². The van der Waals surface area contributed by atoms with E-state index in [9.17, 15) is 4.79 Å². The number of carbonyl (C=O) groups is 1. The maximum absolute atomic E-state index is 11.1. The molecule has 2 atom stereocenters. The predicted molar refractivity (Wildman–Crippen MR) is 61.7 cm³/mol. The highest BCUT2D eigenvalue weighted by Gasteiger charge is 2.62. The van der Waals surface area contributed by atoms with E-state index in [1.807, 2.05) is 26.2 Å². The van der Waals surface area contributed by atoms with Crippen LogP contribution in [-0.4, -0.2) is 21.0 Å². The summed E-state index contributed by atoms with van der Waals surface area (Å²) in [4.78, 5) is 19.8. The summed E-state index contributed by atoms with van der Waals surface area (Å²) in [7, 11) is 0. The summed E-state index contributed by atoms with van der Waals surface area (Å²) < 4.78 is 0. The molecule has 3 rings (SSSR count). The van der Waals surface area contributed by atoms with E-state index in [4.69, 9.17) is 5.11 Å². The topological polar surface area (TPSA) is 63.1 Å². The van der Waals surface area contributed by atoms with Crippen molar-refractivity contribution in [3.05, 3.63) is 23.8 Å². The first-order chi connectivity index (χ1) is 8.01. The van der Waals surface area contributed by atoms with Gasteiger partial charge in [0.15, 0.2) is 0 Å². The molecule has 0 amide bonds. The molecule has 0 aliphatic heterocycles. The van der Waals surface area contributed by atoms with E-state index in [0.717, 1.165) is 11.4 Å². The molecule has 1 N–H and O–H groups in total. The zero-order valence-electron chi connectivity index (χ0n) is 10.1. The lowest BCUT2D eigenvalue weighted by Gasteiger charge is -2.02. The molecule has 0 aromatic carbocycles. The van der Waals surface area contributed by atoms with E-state index in [-0.39, 0.29) is 17.3 Å². The van der Waals surface area contributed by atoms with Crippen LogP contribution in [0.15, 0.2) is 12.4 Å². The molecule has 0 saturated heterocycles. The van der Waals surface area contributed by atoms with Crippen LogP contribution in [0.25, 0.3) is 0 Å². The van der Waals surface area contributed by atoms with Crippen molar-refractivity contribution in [1.29, 1.82) is 0 Å². The largest absolute Gasteiger partial charge is 0.481 e. The van der Waals surface area contributed by atoms with Gasteiger partial charge in [-0.1, -0.05) is 13.8 Å². The molecule has 2 fully saturated rings. The van der Waals surface area contributed by atoms with Crippen molar-refractivity contribution < 1.29 is 9.90 Å². The zero-order valence-corrected chi connectivity index (χ0v) is 10.1. The van der Waals surface area contributed by atoms with Crippen molar-refractivity contribution in [3.8, 4) is 0 Å². The number of aliphatic carboxylic acids is 1. The Morgan fingerprint density at radius 1 is 1.35 bits per heavy atom. The van der Waals surface area contributed by atoms with E-state index in [1.54, 1.807) is 0 Å². The summed E-state index contributed by atoms with van der Waals surface area (Å²) in [6, 6.07) is 0. The minimum absolute atomic E-state index is 0.0632. The van der Waals surface area contributed by atoms with E-state index in [0.29, 0.717) is 5.92 Å². The number of rotatable bonds is 3. The van der Waals surface area contributed by atoms with Gasteiger partial charge in [0.1, 0.15) is 5.82 Å². The summed E-state index contributed by atoms with van der Waals surface area (Å²) in [5.74, 6) is 0.517. The molecule has 0 radical (unpaired) electrons. The fourth-order valence-electron chi connectivity index (χ4n) is 2.78. The molecule has 2 saturated carbocycles. The van der Waals surface area contributed by atoms with E-state index >= 15 is 0 Å². The van der Waals surface area contributed by atoms with E-state index in [1.165, 1.54) is 12.8 Å². The van der Waals surface area contributed by atoms with Gasteiger partial charge in [-0.05, 0) is 23.8 Å². The number of carboxylic acid groups (broad SMARTS) is 1. The Labute approximate surface area is 100 Å². The van der Waals surface area contributed by atoms with Gasteiger partial charge >= 0.3 is 5.97 Å². The van der Waals surface area contributed by atoms with Crippen LogP contribution < -0.4 is 0 Å². The molecule has 1 aromatic rings. The predicted octanol–water partition coefficient (Wildman–Crippen LogP) is 2.18. The highest BCUT2D eigenvalue weighted by Crippen LogP contribution is 2.64. The van der Waals surface area contributed by atoms with Crippen LogP contribution in [0.5, 0.6) is 0 Å². The molecule has 90 valence electrons.